The van der Waals surface area contributed by atoms with Crippen molar-refractivity contribution in [1.82, 2.24) is 9.21 Å². The van der Waals surface area contributed by atoms with Crippen LogP contribution in [-0.2, 0) is 16.4 Å². The molecule has 1 unspecified atom stereocenters. The molecule has 6 heteroatoms. The maximum absolute atomic E-state index is 13.8. The van der Waals surface area contributed by atoms with Gasteiger partial charge in [-0.1, -0.05) is 48.5 Å². The first-order valence-electron chi connectivity index (χ1n) is 10.6. The van der Waals surface area contributed by atoms with E-state index in [1.54, 1.807) is 4.31 Å². The standard InChI is InChI=1S/C23H30N2O2S2/c1-19-7-6-13-24(19)14-12-21-10-5-11-22(20-8-3-2-4-9-20)23(21)29(26,27)25-15-17-28-18-16-25/h2-5,8-11,19H,6-7,12-18H2,1H3. The maximum atomic E-state index is 13.8. The van der Waals surface area contributed by atoms with Crippen molar-refractivity contribution in [2.45, 2.75) is 37.1 Å². The quantitative estimate of drug-likeness (QED) is 0.691. The molecule has 1 atom stereocenters. The lowest BCUT2D eigenvalue weighted by molar-refractivity contribution is 0.272. The highest BCUT2D eigenvalue weighted by atomic mass is 32.2. The topological polar surface area (TPSA) is 40.6 Å². The summed E-state index contributed by atoms with van der Waals surface area (Å²) >= 11 is 1.83. The largest absolute Gasteiger partial charge is 0.300 e. The number of thioether (sulfide) groups is 1. The normalized spacial score (nSPS) is 21.5. The van der Waals surface area contributed by atoms with E-state index in [0.717, 1.165) is 47.7 Å². The third-order valence-corrected chi connectivity index (χ3v) is 9.09. The van der Waals surface area contributed by atoms with Gasteiger partial charge in [0.05, 0.1) is 4.90 Å². The van der Waals surface area contributed by atoms with E-state index in [1.807, 2.05) is 60.3 Å². The molecular weight excluding hydrogens is 400 g/mol. The molecule has 0 amide bonds. The van der Waals surface area contributed by atoms with Crippen LogP contribution in [0.3, 0.4) is 0 Å². The first kappa shape index (κ1) is 20.9. The molecule has 2 aliphatic heterocycles. The molecule has 2 aliphatic rings. The van der Waals surface area contributed by atoms with Crippen LogP contribution in [0.2, 0.25) is 0 Å². The van der Waals surface area contributed by atoms with Crippen molar-refractivity contribution in [3.05, 3.63) is 54.1 Å². The van der Waals surface area contributed by atoms with Crippen LogP contribution in [0, 0.1) is 0 Å². The lowest BCUT2D eigenvalue weighted by Gasteiger charge is -2.28. The van der Waals surface area contributed by atoms with E-state index in [4.69, 9.17) is 0 Å². The molecule has 2 saturated heterocycles. The van der Waals surface area contributed by atoms with Crippen LogP contribution >= 0.6 is 11.8 Å². The van der Waals surface area contributed by atoms with Gasteiger partial charge in [0.25, 0.3) is 0 Å². The number of hydrogen-bond acceptors (Lipinski definition) is 4. The molecule has 4 nitrogen and oxygen atoms in total. The summed E-state index contributed by atoms with van der Waals surface area (Å²) in [6.45, 7) is 5.50. The molecule has 2 heterocycles. The highest BCUT2D eigenvalue weighted by Crippen LogP contribution is 2.34. The van der Waals surface area contributed by atoms with Crippen LogP contribution in [-0.4, -0.2) is 61.3 Å². The Hall–Kier alpha value is -1.34. The van der Waals surface area contributed by atoms with Gasteiger partial charge in [-0.15, -0.1) is 0 Å². The molecule has 0 saturated carbocycles. The molecular formula is C23H30N2O2S2. The average molecular weight is 431 g/mol. The zero-order valence-electron chi connectivity index (χ0n) is 17.1. The monoisotopic (exact) mass is 430 g/mol. The molecule has 0 bridgehead atoms. The van der Waals surface area contributed by atoms with E-state index in [1.165, 1.54) is 12.8 Å². The van der Waals surface area contributed by atoms with Crippen LogP contribution in [0.15, 0.2) is 53.4 Å². The molecule has 0 spiro atoms. The number of rotatable bonds is 6. The van der Waals surface area contributed by atoms with Gasteiger partial charge in [-0.2, -0.15) is 16.1 Å². The Morgan fingerprint density at radius 2 is 1.76 bits per heavy atom. The van der Waals surface area contributed by atoms with Gasteiger partial charge in [0.15, 0.2) is 0 Å². The Morgan fingerprint density at radius 1 is 1.00 bits per heavy atom. The summed E-state index contributed by atoms with van der Waals surface area (Å²) in [6.07, 6.45) is 3.24. The summed E-state index contributed by atoms with van der Waals surface area (Å²) in [5.74, 6) is 1.74. The van der Waals surface area contributed by atoms with Gasteiger partial charge in [0.2, 0.25) is 10.0 Å². The van der Waals surface area contributed by atoms with Crippen molar-refractivity contribution >= 4 is 21.8 Å². The zero-order chi connectivity index (χ0) is 20.3. The summed E-state index contributed by atoms with van der Waals surface area (Å²) in [5.41, 5.74) is 2.74. The molecule has 4 rings (SSSR count). The fraction of sp³-hybridized carbons (Fsp3) is 0.478. The average Bonchev–Trinajstić information content (AvgIpc) is 3.18. The summed E-state index contributed by atoms with van der Waals surface area (Å²) in [4.78, 5) is 3.01. The van der Waals surface area contributed by atoms with Gasteiger partial charge in [0.1, 0.15) is 0 Å². The third-order valence-electron chi connectivity index (χ3n) is 6.11. The van der Waals surface area contributed by atoms with Gasteiger partial charge in [-0.25, -0.2) is 8.42 Å². The molecule has 2 aromatic carbocycles. The van der Waals surface area contributed by atoms with E-state index in [0.29, 0.717) is 24.0 Å². The second kappa shape index (κ2) is 9.21. The molecule has 2 fully saturated rings. The summed E-state index contributed by atoms with van der Waals surface area (Å²) < 4.78 is 29.2. The number of nitrogens with zero attached hydrogens (tertiary/aromatic N) is 2. The number of hydrogen-bond donors (Lipinski definition) is 0. The van der Waals surface area contributed by atoms with Crippen molar-refractivity contribution < 1.29 is 8.42 Å². The van der Waals surface area contributed by atoms with Crippen LogP contribution < -0.4 is 0 Å². The van der Waals surface area contributed by atoms with E-state index in [-0.39, 0.29) is 0 Å². The lowest BCUT2D eigenvalue weighted by atomic mass is 10.0. The van der Waals surface area contributed by atoms with Crippen LogP contribution in [0.5, 0.6) is 0 Å². The summed E-state index contributed by atoms with van der Waals surface area (Å²) in [6, 6.07) is 16.5. The Bertz CT molecular complexity index is 925. The third kappa shape index (κ3) is 4.55. The lowest BCUT2D eigenvalue weighted by Crippen LogP contribution is -2.38. The second-order valence-corrected chi connectivity index (χ2v) is 11.1. The molecule has 0 radical (unpaired) electrons. The van der Waals surface area contributed by atoms with Gasteiger partial charge in [0, 0.05) is 42.7 Å². The molecule has 2 aromatic rings. The Kier molecular flexibility index (Phi) is 6.64. The van der Waals surface area contributed by atoms with Crippen molar-refractivity contribution in [2.24, 2.45) is 0 Å². The van der Waals surface area contributed by atoms with Gasteiger partial charge in [-0.05, 0) is 43.9 Å². The minimum absolute atomic E-state index is 0.518. The van der Waals surface area contributed by atoms with E-state index >= 15 is 0 Å². The Balaban J connectivity index is 1.74. The van der Waals surface area contributed by atoms with Crippen molar-refractivity contribution in [3.8, 4) is 11.1 Å². The van der Waals surface area contributed by atoms with Crippen molar-refractivity contribution in [1.29, 1.82) is 0 Å². The summed E-state index contributed by atoms with van der Waals surface area (Å²) in [5, 5.41) is 0. The first-order valence-corrected chi connectivity index (χ1v) is 13.2. The molecule has 0 aliphatic carbocycles. The molecule has 29 heavy (non-hydrogen) atoms. The van der Waals surface area contributed by atoms with Crippen LogP contribution in [0.25, 0.3) is 11.1 Å². The highest BCUT2D eigenvalue weighted by molar-refractivity contribution is 7.99. The van der Waals surface area contributed by atoms with E-state index in [2.05, 4.69) is 11.8 Å². The zero-order valence-corrected chi connectivity index (χ0v) is 18.7. The smallest absolute Gasteiger partial charge is 0.244 e. The minimum atomic E-state index is -3.53. The van der Waals surface area contributed by atoms with E-state index in [9.17, 15) is 8.42 Å². The van der Waals surface area contributed by atoms with Crippen molar-refractivity contribution in [2.75, 3.05) is 37.7 Å². The predicted molar refractivity (Wildman–Crippen MR) is 122 cm³/mol. The Morgan fingerprint density at radius 3 is 2.45 bits per heavy atom. The number of benzene rings is 2. The first-order chi connectivity index (χ1) is 14.1. The maximum Gasteiger partial charge on any atom is 0.244 e. The van der Waals surface area contributed by atoms with Gasteiger partial charge < -0.3 is 4.90 Å². The molecule has 156 valence electrons. The van der Waals surface area contributed by atoms with Gasteiger partial charge in [-0.3, -0.25) is 0 Å². The number of sulfonamides is 1. The van der Waals surface area contributed by atoms with Crippen LogP contribution in [0.4, 0.5) is 0 Å². The fourth-order valence-electron chi connectivity index (χ4n) is 4.44. The predicted octanol–water partition coefficient (Wildman–Crippen LogP) is 4.12. The van der Waals surface area contributed by atoms with E-state index < -0.39 is 10.0 Å². The molecule has 0 N–H and O–H groups in total. The highest BCUT2D eigenvalue weighted by Gasteiger charge is 2.31. The molecule has 0 aromatic heterocycles. The fourth-order valence-corrected chi connectivity index (χ4v) is 7.46. The van der Waals surface area contributed by atoms with Crippen LogP contribution in [0.1, 0.15) is 25.3 Å². The second-order valence-electron chi connectivity index (χ2n) is 7.95. The SMILES string of the molecule is CC1CCCN1CCc1cccc(-c2ccccc2)c1S(=O)(=O)N1CCSCC1. The number of likely N-dealkylation sites (tertiary alicyclic amines) is 1. The van der Waals surface area contributed by atoms with Gasteiger partial charge >= 0.3 is 0 Å². The van der Waals surface area contributed by atoms with Crippen molar-refractivity contribution in [3.63, 3.8) is 0 Å². The summed E-state index contributed by atoms with van der Waals surface area (Å²) in [7, 11) is -3.53. The minimum Gasteiger partial charge on any atom is -0.300 e. The Labute approximate surface area is 179 Å².